The zero-order valence-corrected chi connectivity index (χ0v) is 14.9. The van der Waals surface area contributed by atoms with Crippen LogP contribution in [0.2, 0.25) is 0 Å². The molecule has 1 unspecified atom stereocenters. The van der Waals surface area contributed by atoms with E-state index < -0.39 is 22.0 Å². The zero-order chi connectivity index (χ0) is 17.7. The van der Waals surface area contributed by atoms with E-state index in [2.05, 4.69) is 10.9 Å². The van der Waals surface area contributed by atoms with Crippen molar-refractivity contribution in [3.63, 3.8) is 0 Å². The molecule has 0 bridgehead atoms. The van der Waals surface area contributed by atoms with Crippen LogP contribution in [0.3, 0.4) is 0 Å². The van der Waals surface area contributed by atoms with Crippen molar-refractivity contribution < 1.29 is 17.9 Å². The number of anilines is 1. The molecule has 2 N–H and O–H groups in total. The lowest BCUT2D eigenvalue weighted by Gasteiger charge is -2.28. The number of hydrogen-bond acceptors (Lipinski definition) is 5. The van der Waals surface area contributed by atoms with Crippen molar-refractivity contribution >= 4 is 21.6 Å². The molecule has 1 aliphatic rings. The van der Waals surface area contributed by atoms with Crippen LogP contribution in [0, 0.1) is 0 Å². The van der Waals surface area contributed by atoms with Crippen LogP contribution in [0.1, 0.15) is 26.2 Å². The molecule has 1 amide bonds. The molecular formula is C16H23N3O4S. The minimum absolute atomic E-state index is 0.404. The molecule has 0 saturated heterocycles. The molecule has 0 aliphatic heterocycles. The van der Waals surface area contributed by atoms with Gasteiger partial charge in [-0.3, -0.25) is 14.5 Å². The average molecular weight is 353 g/mol. The van der Waals surface area contributed by atoms with Crippen molar-refractivity contribution in [3.05, 3.63) is 36.0 Å². The molecule has 7 nitrogen and oxygen atoms in total. The van der Waals surface area contributed by atoms with E-state index in [4.69, 9.17) is 4.74 Å². The van der Waals surface area contributed by atoms with E-state index in [0.29, 0.717) is 11.4 Å². The van der Waals surface area contributed by atoms with E-state index in [-0.39, 0.29) is 0 Å². The maximum absolute atomic E-state index is 12.4. The largest absolute Gasteiger partial charge is 0.497 e. The van der Waals surface area contributed by atoms with Crippen LogP contribution in [-0.4, -0.2) is 33.7 Å². The van der Waals surface area contributed by atoms with Crippen LogP contribution >= 0.6 is 0 Å². The molecule has 24 heavy (non-hydrogen) atoms. The smallest absolute Gasteiger partial charge is 0.261 e. The Morgan fingerprint density at radius 1 is 1.29 bits per heavy atom. The van der Waals surface area contributed by atoms with Crippen LogP contribution in [0.25, 0.3) is 0 Å². The predicted molar refractivity (Wildman–Crippen MR) is 93.0 cm³/mol. The fraction of sp³-hybridized carbons (Fsp3) is 0.438. The van der Waals surface area contributed by atoms with E-state index >= 15 is 0 Å². The SMILES string of the molecule is COc1ccc(N(C(C)C(=O)NNC2=CCCC2)S(C)(=O)=O)cc1. The molecule has 0 saturated carbocycles. The number of hydrogen-bond donors (Lipinski definition) is 2. The molecule has 1 aliphatic carbocycles. The molecule has 132 valence electrons. The van der Waals surface area contributed by atoms with Gasteiger partial charge in [0.1, 0.15) is 11.8 Å². The summed E-state index contributed by atoms with van der Waals surface area (Å²) in [4.78, 5) is 12.4. The van der Waals surface area contributed by atoms with Crippen molar-refractivity contribution in [2.24, 2.45) is 0 Å². The summed E-state index contributed by atoms with van der Waals surface area (Å²) in [6.07, 6.45) is 6.00. The first-order chi connectivity index (χ1) is 11.3. The lowest BCUT2D eigenvalue weighted by Crippen LogP contribution is -2.51. The van der Waals surface area contributed by atoms with Crippen LogP contribution in [0.5, 0.6) is 5.75 Å². The Morgan fingerprint density at radius 3 is 2.46 bits per heavy atom. The maximum atomic E-state index is 12.4. The van der Waals surface area contributed by atoms with Crippen LogP contribution < -0.4 is 19.9 Å². The molecule has 0 spiro atoms. The maximum Gasteiger partial charge on any atom is 0.261 e. The normalized spacial score (nSPS) is 15.4. The lowest BCUT2D eigenvalue weighted by atomic mass is 10.2. The molecule has 0 fully saturated rings. The molecule has 0 aromatic heterocycles. The van der Waals surface area contributed by atoms with Gasteiger partial charge in [0.15, 0.2) is 0 Å². The van der Waals surface area contributed by atoms with Crippen molar-refractivity contribution in [1.29, 1.82) is 0 Å². The highest BCUT2D eigenvalue weighted by Gasteiger charge is 2.29. The number of nitrogens with zero attached hydrogens (tertiary/aromatic N) is 1. The molecule has 0 heterocycles. The second kappa shape index (κ2) is 7.57. The van der Waals surface area contributed by atoms with Gasteiger partial charge in [-0.15, -0.1) is 0 Å². The number of ether oxygens (including phenoxy) is 1. The Morgan fingerprint density at radius 2 is 1.96 bits per heavy atom. The summed E-state index contributed by atoms with van der Waals surface area (Å²) in [5.74, 6) is 0.184. The third-order valence-electron chi connectivity index (χ3n) is 3.80. The average Bonchev–Trinajstić information content (AvgIpc) is 3.05. The predicted octanol–water partition coefficient (Wildman–Crippen LogP) is 1.54. The van der Waals surface area contributed by atoms with Gasteiger partial charge in [0, 0.05) is 5.70 Å². The second-order valence-corrected chi connectivity index (χ2v) is 7.53. The van der Waals surface area contributed by atoms with Crippen LogP contribution in [-0.2, 0) is 14.8 Å². The number of carbonyl (C=O) groups is 1. The number of amides is 1. The van der Waals surface area contributed by atoms with Crippen LogP contribution in [0.15, 0.2) is 36.0 Å². The van der Waals surface area contributed by atoms with Gasteiger partial charge >= 0.3 is 0 Å². The number of rotatable bonds is 7. The van der Waals surface area contributed by atoms with Crippen molar-refractivity contribution in [2.45, 2.75) is 32.2 Å². The summed E-state index contributed by atoms with van der Waals surface area (Å²) in [5.41, 5.74) is 6.79. The molecule has 1 aromatic carbocycles. The first kappa shape index (κ1) is 18.1. The Balaban J connectivity index is 2.15. The van der Waals surface area contributed by atoms with E-state index in [0.717, 1.165) is 35.5 Å². The Kier molecular flexibility index (Phi) is 5.71. The Hall–Kier alpha value is -2.22. The molecule has 0 radical (unpaired) electrons. The monoisotopic (exact) mass is 353 g/mol. The summed E-state index contributed by atoms with van der Waals surface area (Å²) in [6, 6.07) is 5.62. The fourth-order valence-corrected chi connectivity index (χ4v) is 3.74. The van der Waals surface area contributed by atoms with Gasteiger partial charge in [0.2, 0.25) is 10.0 Å². The highest BCUT2D eigenvalue weighted by atomic mass is 32.2. The molecular weight excluding hydrogens is 330 g/mol. The van der Waals surface area contributed by atoms with Crippen molar-refractivity contribution in [2.75, 3.05) is 17.7 Å². The first-order valence-corrected chi connectivity index (χ1v) is 9.56. The summed E-state index contributed by atoms with van der Waals surface area (Å²) in [6.45, 7) is 1.55. The Labute approximate surface area is 142 Å². The quantitative estimate of drug-likeness (QED) is 0.726. The van der Waals surface area contributed by atoms with Gasteiger partial charge in [0.25, 0.3) is 5.91 Å². The van der Waals surface area contributed by atoms with Gasteiger partial charge in [-0.05, 0) is 50.5 Å². The number of hydrazine groups is 1. The van der Waals surface area contributed by atoms with E-state index in [1.807, 2.05) is 6.08 Å². The van der Waals surface area contributed by atoms with E-state index in [1.165, 1.54) is 7.11 Å². The minimum atomic E-state index is -3.63. The van der Waals surface area contributed by atoms with Crippen molar-refractivity contribution in [1.82, 2.24) is 10.9 Å². The van der Waals surface area contributed by atoms with Crippen molar-refractivity contribution in [3.8, 4) is 5.75 Å². The molecule has 8 heteroatoms. The lowest BCUT2D eigenvalue weighted by molar-refractivity contribution is -0.122. The zero-order valence-electron chi connectivity index (χ0n) is 14.1. The summed E-state index contributed by atoms with van der Waals surface area (Å²) in [7, 11) is -2.10. The van der Waals surface area contributed by atoms with E-state index in [1.54, 1.807) is 31.2 Å². The number of benzene rings is 1. The van der Waals surface area contributed by atoms with Gasteiger partial charge in [-0.25, -0.2) is 8.42 Å². The first-order valence-electron chi connectivity index (χ1n) is 7.71. The molecule has 2 rings (SSSR count). The van der Waals surface area contributed by atoms with Gasteiger partial charge in [0.05, 0.1) is 19.1 Å². The number of nitrogens with one attached hydrogen (secondary N) is 2. The van der Waals surface area contributed by atoms with Crippen LogP contribution in [0.4, 0.5) is 5.69 Å². The second-order valence-electron chi connectivity index (χ2n) is 5.67. The fourth-order valence-electron chi connectivity index (χ4n) is 2.57. The number of sulfonamides is 1. The number of methoxy groups -OCH3 is 1. The number of carbonyl (C=O) groups excluding carboxylic acids is 1. The standard InChI is InChI=1S/C16H23N3O4S/c1-12(16(20)18-17-13-6-4-5-7-13)19(24(3,21)22)14-8-10-15(23-2)11-9-14/h6,8-12,17H,4-5,7H2,1-3H3,(H,18,20). The topological polar surface area (TPSA) is 87.7 Å². The van der Waals surface area contributed by atoms with Gasteiger partial charge < -0.3 is 10.2 Å². The summed E-state index contributed by atoms with van der Waals surface area (Å²) >= 11 is 0. The van der Waals surface area contributed by atoms with Gasteiger partial charge in [-0.1, -0.05) is 6.08 Å². The van der Waals surface area contributed by atoms with E-state index in [9.17, 15) is 13.2 Å². The third-order valence-corrected chi connectivity index (χ3v) is 5.04. The summed E-state index contributed by atoms with van der Waals surface area (Å²) < 4.78 is 30.5. The minimum Gasteiger partial charge on any atom is -0.497 e. The highest BCUT2D eigenvalue weighted by molar-refractivity contribution is 7.92. The third kappa shape index (κ3) is 4.41. The molecule has 1 aromatic rings. The van der Waals surface area contributed by atoms with Gasteiger partial charge in [-0.2, -0.15) is 0 Å². The number of allylic oxidation sites excluding steroid dienone is 2. The summed E-state index contributed by atoms with van der Waals surface area (Å²) in [5, 5.41) is 0. The Bertz CT molecular complexity index is 713. The molecule has 1 atom stereocenters. The highest BCUT2D eigenvalue weighted by Crippen LogP contribution is 2.23.